The summed E-state index contributed by atoms with van der Waals surface area (Å²) in [4.78, 5) is 0. The molecule has 0 bridgehead atoms. The molecule has 0 saturated carbocycles. The maximum atomic E-state index is 10.4. The lowest BCUT2D eigenvalue weighted by Gasteiger charge is -2.43. The van der Waals surface area contributed by atoms with Crippen LogP contribution in [0.5, 0.6) is 0 Å². The average molecular weight is 384 g/mol. The Balaban J connectivity index is 1.78. The van der Waals surface area contributed by atoms with Crippen molar-refractivity contribution in [3.63, 3.8) is 0 Å². The van der Waals surface area contributed by atoms with Gasteiger partial charge in [-0.15, -0.1) is 0 Å². The van der Waals surface area contributed by atoms with Gasteiger partial charge in [0, 0.05) is 0 Å². The second-order valence-corrected chi connectivity index (χ2v) is 6.48. The van der Waals surface area contributed by atoms with Crippen LogP contribution in [0.1, 0.15) is 0 Å². The van der Waals surface area contributed by atoms with Gasteiger partial charge in [0.15, 0.2) is 12.6 Å². The topological polar surface area (TPSA) is 191 Å². The Morgan fingerprint density at radius 3 is 2.08 bits per heavy atom. The first kappa shape index (κ1) is 20.3. The lowest BCUT2D eigenvalue weighted by Crippen LogP contribution is -2.62. The van der Waals surface area contributed by atoms with Crippen LogP contribution in [0.2, 0.25) is 0 Å². The van der Waals surface area contributed by atoms with Gasteiger partial charge in [-0.1, -0.05) is 0 Å². The fraction of sp³-hybridized carbons (Fsp3) is 1.00. The third-order valence-corrected chi connectivity index (χ3v) is 4.62. The van der Waals surface area contributed by atoms with Crippen molar-refractivity contribution in [3.05, 3.63) is 0 Å². The van der Waals surface area contributed by atoms with E-state index in [1.165, 1.54) is 0 Å². The van der Waals surface area contributed by atoms with Gasteiger partial charge in [-0.05, 0) is 0 Å². The number of hydrogen-bond acceptors (Lipinski definition) is 12. The largest absolute Gasteiger partial charge is 0.394 e. The van der Waals surface area contributed by atoms with Crippen LogP contribution in [0.4, 0.5) is 0 Å². The van der Waals surface area contributed by atoms with Gasteiger partial charge in [-0.2, -0.15) is 0 Å². The standard InChI is InChI=1S/C14H24O12/c15-1-5-8(17)10(19)11(20)13(24-5)26-14(4-23-7-3-22-7)12(21)9(18)6(2-16)25-14/h5-13,15-21H,1-4H2/t5-,6-,7?,8-,9-,10+,11-,12+,13-,14+/m1/s1. The molecule has 0 spiro atoms. The third kappa shape index (κ3) is 3.73. The number of aliphatic hydroxyl groups is 7. The Labute approximate surface area is 148 Å². The molecule has 12 heteroatoms. The van der Waals surface area contributed by atoms with Crippen molar-refractivity contribution >= 4 is 0 Å². The maximum Gasteiger partial charge on any atom is 0.224 e. The molecule has 3 rings (SSSR count). The Morgan fingerprint density at radius 2 is 1.54 bits per heavy atom. The van der Waals surface area contributed by atoms with E-state index in [0.29, 0.717) is 6.61 Å². The van der Waals surface area contributed by atoms with Crippen molar-refractivity contribution in [2.24, 2.45) is 0 Å². The van der Waals surface area contributed by atoms with Crippen LogP contribution >= 0.6 is 0 Å². The Kier molecular flexibility index (Phi) is 6.13. The van der Waals surface area contributed by atoms with Gasteiger partial charge >= 0.3 is 0 Å². The summed E-state index contributed by atoms with van der Waals surface area (Å²) in [6.07, 6.45) is -12.9. The molecule has 0 aromatic heterocycles. The molecule has 0 aromatic carbocycles. The maximum absolute atomic E-state index is 10.4. The number of hydrogen-bond donors (Lipinski definition) is 7. The molecule has 7 N–H and O–H groups in total. The van der Waals surface area contributed by atoms with Crippen molar-refractivity contribution in [2.75, 3.05) is 26.4 Å². The molecule has 1 unspecified atom stereocenters. The molecular formula is C14H24O12. The van der Waals surface area contributed by atoms with Crippen LogP contribution in [0, 0.1) is 0 Å². The molecule has 12 nitrogen and oxygen atoms in total. The summed E-state index contributed by atoms with van der Waals surface area (Å²) in [6.45, 7) is -1.42. The van der Waals surface area contributed by atoms with Crippen molar-refractivity contribution in [2.45, 2.75) is 61.1 Å². The molecule has 0 radical (unpaired) electrons. The number of rotatable bonds is 7. The molecule has 0 aromatic rings. The fourth-order valence-corrected chi connectivity index (χ4v) is 2.96. The van der Waals surface area contributed by atoms with Gasteiger partial charge in [0.2, 0.25) is 5.79 Å². The summed E-state index contributed by atoms with van der Waals surface area (Å²) in [7, 11) is 0. The normalized spacial score (nSPS) is 51.6. The van der Waals surface area contributed by atoms with Gasteiger partial charge in [0.05, 0.1) is 13.2 Å². The zero-order valence-electron chi connectivity index (χ0n) is 13.7. The highest BCUT2D eigenvalue weighted by Gasteiger charge is 2.59. The molecule has 3 aliphatic rings. The molecule has 3 fully saturated rings. The van der Waals surface area contributed by atoms with E-state index >= 15 is 0 Å². The second kappa shape index (κ2) is 7.87. The Bertz CT molecular complexity index is 473. The Hall–Kier alpha value is -0.480. The molecule has 0 aliphatic carbocycles. The molecule has 3 aliphatic heterocycles. The highest BCUT2D eigenvalue weighted by Crippen LogP contribution is 2.37. The summed E-state index contributed by atoms with van der Waals surface area (Å²) < 4.78 is 26.4. The molecule has 3 heterocycles. The summed E-state index contributed by atoms with van der Waals surface area (Å²) in [5.41, 5.74) is 0. The summed E-state index contributed by atoms with van der Waals surface area (Å²) >= 11 is 0. The van der Waals surface area contributed by atoms with E-state index in [0.717, 1.165) is 0 Å². The lowest BCUT2D eigenvalue weighted by molar-refractivity contribution is -0.386. The molecular weight excluding hydrogens is 360 g/mol. The van der Waals surface area contributed by atoms with E-state index in [-0.39, 0.29) is 0 Å². The minimum atomic E-state index is -2.05. The summed E-state index contributed by atoms with van der Waals surface area (Å²) in [6, 6.07) is 0. The third-order valence-electron chi connectivity index (χ3n) is 4.62. The van der Waals surface area contributed by atoms with Crippen LogP contribution < -0.4 is 0 Å². The molecule has 10 atom stereocenters. The highest BCUT2D eigenvalue weighted by molar-refractivity contribution is 4.99. The first-order valence-corrected chi connectivity index (χ1v) is 8.19. The van der Waals surface area contributed by atoms with E-state index < -0.39 is 80.9 Å². The lowest BCUT2D eigenvalue weighted by atomic mass is 9.99. The first-order valence-electron chi connectivity index (χ1n) is 8.19. The van der Waals surface area contributed by atoms with Crippen LogP contribution in [0.25, 0.3) is 0 Å². The van der Waals surface area contributed by atoms with Crippen LogP contribution in [0.3, 0.4) is 0 Å². The molecule has 26 heavy (non-hydrogen) atoms. The zero-order valence-corrected chi connectivity index (χ0v) is 13.7. The van der Waals surface area contributed by atoms with Crippen molar-refractivity contribution in [1.82, 2.24) is 0 Å². The fourth-order valence-electron chi connectivity index (χ4n) is 2.96. The van der Waals surface area contributed by atoms with E-state index in [4.69, 9.17) is 23.7 Å². The molecule has 3 saturated heterocycles. The van der Waals surface area contributed by atoms with Gasteiger partial charge in [-0.25, -0.2) is 0 Å². The summed E-state index contributed by atoms with van der Waals surface area (Å²) in [5, 5.41) is 68.7. The zero-order chi connectivity index (χ0) is 19.1. The van der Waals surface area contributed by atoms with E-state index in [1.54, 1.807) is 0 Å². The second-order valence-electron chi connectivity index (χ2n) is 6.48. The minimum Gasteiger partial charge on any atom is -0.394 e. The van der Waals surface area contributed by atoms with Crippen LogP contribution in [0.15, 0.2) is 0 Å². The van der Waals surface area contributed by atoms with Crippen molar-refractivity contribution in [1.29, 1.82) is 0 Å². The Morgan fingerprint density at radius 1 is 0.885 bits per heavy atom. The van der Waals surface area contributed by atoms with E-state index in [2.05, 4.69) is 0 Å². The average Bonchev–Trinajstić information content (AvgIpc) is 3.44. The highest BCUT2D eigenvalue weighted by atomic mass is 16.8. The van der Waals surface area contributed by atoms with Crippen LogP contribution in [-0.4, -0.2) is 123 Å². The first-order chi connectivity index (χ1) is 12.3. The van der Waals surface area contributed by atoms with Gasteiger partial charge in [-0.3, -0.25) is 0 Å². The predicted octanol–water partition coefficient (Wildman–Crippen LogP) is -5.01. The van der Waals surface area contributed by atoms with E-state index in [9.17, 15) is 35.7 Å². The molecule has 0 amide bonds. The van der Waals surface area contributed by atoms with E-state index in [1.807, 2.05) is 0 Å². The SMILES string of the molecule is OC[C@H]1O[C@@](COC2CO2)(O[C@H]2O[C@H](CO)[C@@H](O)[C@H](O)[C@H]2O)[C@@H](O)[C@@H]1O. The number of epoxide rings is 1. The number of ether oxygens (including phenoxy) is 5. The number of aliphatic hydroxyl groups excluding tert-OH is 7. The van der Waals surface area contributed by atoms with Gasteiger partial charge in [0.25, 0.3) is 0 Å². The smallest absolute Gasteiger partial charge is 0.224 e. The predicted molar refractivity (Wildman–Crippen MR) is 77.2 cm³/mol. The van der Waals surface area contributed by atoms with Crippen molar-refractivity contribution in [3.8, 4) is 0 Å². The van der Waals surface area contributed by atoms with Crippen LogP contribution in [-0.2, 0) is 23.7 Å². The quantitative estimate of drug-likeness (QED) is 0.207. The molecule has 152 valence electrons. The monoisotopic (exact) mass is 384 g/mol. The summed E-state index contributed by atoms with van der Waals surface area (Å²) in [5.74, 6) is -2.05. The van der Waals surface area contributed by atoms with Gasteiger partial charge < -0.3 is 59.4 Å². The minimum absolute atomic E-state index is 0.318. The van der Waals surface area contributed by atoms with Crippen molar-refractivity contribution < 1.29 is 59.4 Å². The van der Waals surface area contributed by atoms with Gasteiger partial charge in [0.1, 0.15) is 55.9 Å².